The summed E-state index contributed by atoms with van der Waals surface area (Å²) in [5.41, 5.74) is -0.880. The summed E-state index contributed by atoms with van der Waals surface area (Å²) in [6.45, 7) is 9.24. The molecule has 11 heavy (non-hydrogen) atoms. The molecule has 0 aromatic rings. The van der Waals surface area contributed by atoms with Gasteiger partial charge in [-0.3, -0.25) is 0 Å². The summed E-state index contributed by atoms with van der Waals surface area (Å²) in [6.07, 6.45) is 0. The summed E-state index contributed by atoms with van der Waals surface area (Å²) in [5, 5.41) is 18.6. The zero-order chi connectivity index (χ0) is 9.28. The van der Waals surface area contributed by atoms with E-state index in [1.54, 1.807) is 13.8 Å². The molecule has 0 amide bonds. The molecule has 1 atom stereocenters. The molecule has 0 aliphatic heterocycles. The SMILES string of the molecule is CC(C)(C)C(C)(C)[NH+]([O-])OO. The third kappa shape index (κ3) is 2.13. The van der Waals surface area contributed by atoms with Crippen LogP contribution in [0.5, 0.6) is 0 Å². The van der Waals surface area contributed by atoms with Crippen molar-refractivity contribution in [2.45, 2.75) is 40.2 Å². The van der Waals surface area contributed by atoms with Crippen molar-refractivity contribution in [1.29, 1.82) is 0 Å². The molecule has 2 N–H and O–H groups in total. The summed E-state index contributed by atoms with van der Waals surface area (Å²) < 4.78 is 0. The van der Waals surface area contributed by atoms with Gasteiger partial charge in [0.05, 0.1) is 0 Å². The number of hydroxylamine groups is 2. The minimum atomic E-state index is -0.665. The van der Waals surface area contributed by atoms with Gasteiger partial charge in [0.2, 0.25) is 0 Å². The normalized spacial score (nSPS) is 16.6. The topological polar surface area (TPSA) is 57.0 Å². The molecule has 1 unspecified atom stereocenters. The van der Waals surface area contributed by atoms with Crippen LogP contribution >= 0.6 is 0 Å². The Morgan fingerprint density at radius 2 is 1.55 bits per heavy atom. The van der Waals surface area contributed by atoms with E-state index < -0.39 is 10.8 Å². The third-order valence-electron chi connectivity index (χ3n) is 2.47. The second kappa shape index (κ2) is 3.06. The minimum Gasteiger partial charge on any atom is -0.597 e. The van der Waals surface area contributed by atoms with Gasteiger partial charge in [0.15, 0.2) is 0 Å². The Kier molecular flexibility index (Phi) is 3.02. The van der Waals surface area contributed by atoms with E-state index in [2.05, 4.69) is 4.99 Å². The van der Waals surface area contributed by atoms with Crippen LogP contribution in [0.3, 0.4) is 0 Å². The molecule has 4 nitrogen and oxygen atoms in total. The van der Waals surface area contributed by atoms with Crippen LogP contribution in [0.25, 0.3) is 0 Å². The largest absolute Gasteiger partial charge is 0.597 e. The van der Waals surface area contributed by atoms with E-state index in [1.807, 2.05) is 20.8 Å². The van der Waals surface area contributed by atoms with Crippen molar-refractivity contribution >= 4 is 0 Å². The Morgan fingerprint density at radius 1 is 1.18 bits per heavy atom. The van der Waals surface area contributed by atoms with Gasteiger partial charge in [0.25, 0.3) is 0 Å². The van der Waals surface area contributed by atoms with E-state index >= 15 is 0 Å². The van der Waals surface area contributed by atoms with E-state index in [4.69, 9.17) is 5.26 Å². The Balaban J connectivity index is 4.45. The zero-order valence-corrected chi connectivity index (χ0v) is 7.76. The van der Waals surface area contributed by atoms with Gasteiger partial charge >= 0.3 is 0 Å². The van der Waals surface area contributed by atoms with Gasteiger partial charge in [-0.1, -0.05) is 20.8 Å². The summed E-state index contributed by atoms with van der Waals surface area (Å²) in [4.78, 5) is 3.70. The van der Waals surface area contributed by atoms with E-state index in [1.165, 1.54) is 0 Å². The predicted molar refractivity (Wildman–Crippen MR) is 41.6 cm³/mol. The fourth-order valence-electron chi connectivity index (χ4n) is 0.420. The molecule has 0 aromatic heterocycles. The fourth-order valence-corrected chi connectivity index (χ4v) is 0.420. The van der Waals surface area contributed by atoms with Crippen LogP contribution in [-0.4, -0.2) is 10.8 Å². The molecule has 0 saturated heterocycles. The average Bonchev–Trinajstić information content (AvgIpc) is 1.83. The molecule has 0 heterocycles. The van der Waals surface area contributed by atoms with Gasteiger partial charge in [0, 0.05) is 5.41 Å². The summed E-state index contributed by atoms with van der Waals surface area (Å²) in [6, 6.07) is 0. The lowest BCUT2D eigenvalue weighted by Gasteiger charge is -2.42. The molecule has 0 aliphatic carbocycles. The number of quaternary nitrogens is 1. The maximum Gasteiger partial charge on any atom is 0.129 e. The highest BCUT2D eigenvalue weighted by atomic mass is 17.2. The first kappa shape index (κ1) is 10.8. The Bertz CT molecular complexity index is 128. The van der Waals surface area contributed by atoms with Crippen molar-refractivity contribution in [3.63, 3.8) is 0 Å². The summed E-state index contributed by atoms with van der Waals surface area (Å²) >= 11 is 0. The molecule has 0 rings (SSSR count). The molecule has 0 saturated carbocycles. The van der Waals surface area contributed by atoms with Crippen LogP contribution in [0.1, 0.15) is 34.6 Å². The van der Waals surface area contributed by atoms with Gasteiger partial charge in [-0.15, -0.1) is 0 Å². The molecule has 0 aromatic carbocycles. The van der Waals surface area contributed by atoms with Crippen molar-refractivity contribution in [3.05, 3.63) is 5.21 Å². The van der Waals surface area contributed by atoms with E-state index in [9.17, 15) is 5.21 Å². The summed E-state index contributed by atoms with van der Waals surface area (Å²) in [5.74, 6) is 0. The van der Waals surface area contributed by atoms with E-state index in [0.29, 0.717) is 0 Å². The number of rotatable bonds is 2. The molecule has 0 radical (unpaired) electrons. The van der Waals surface area contributed by atoms with E-state index in [-0.39, 0.29) is 5.41 Å². The van der Waals surface area contributed by atoms with Crippen LogP contribution < -0.4 is 5.23 Å². The number of hydrogen-bond acceptors (Lipinski definition) is 3. The lowest BCUT2D eigenvalue weighted by atomic mass is 9.77. The lowest BCUT2D eigenvalue weighted by Crippen LogP contribution is -3.15. The van der Waals surface area contributed by atoms with Crippen molar-refractivity contribution in [1.82, 2.24) is 0 Å². The van der Waals surface area contributed by atoms with Crippen molar-refractivity contribution < 1.29 is 15.5 Å². The maximum atomic E-state index is 11.0. The lowest BCUT2D eigenvalue weighted by molar-refractivity contribution is -1.14. The smallest absolute Gasteiger partial charge is 0.129 e. The molecule has 0 bridgehead atoms. The first-order valence-electron chi connectivity index (χ1n) is 3.59. The first-order valence-corrected chi connectivity index (χ1v) is 3.59. The van der Waals surface area contributed by atoms with Crippen LogP contribution in [0.15, 0.2) is 0 Å². The Labute approximate surface area is 67.2 Å². The quantitative estimate of drug-likeness (QED) is 0.463. The third-order valence-corrected chi connectivity index (χ3v) is 2.47. The van der Waals surface area contributed by atoms with Gasteiger partial charge in [0.1, 0.15) is 5.54 Å². The monoisotopic (exact) mass is 163 g/mol. The minimum absolute atomic E-state index is 0.215. The van der Waals surface area contributed by atoms with Crippen molar-refractivity contribution in [2.24, 2.45) is 5.41 Å². The van der Waals surface area contributed by atoms with Crippen molar-refractivity contribution in [3.8, 4) is 0 Å². The highest BCUT2D eigenvalue weighted by Crippen LogP contribution is 2.26. The van der Waals surface area contributed by atoms with Crippen LogP contribution in [-0.2, 0) is 4.99 Å². The molecular formula is C7H17NO3. The summed E-state index contributed by atoms with van der Waals surface area (Å²) in [7, 11) is 0. The van der Waals surface area contributed by atoms with Crippen LogP contribution in [0, 0.1) is 10.6 Å². The van der Waals surface area contributed by atoms with Gasteiger partial charge in [-0.25, -0.2) is 5.26 Å². The molecule has 0 aliphatic rings. The van der Waals surface area contributed by atoms with Crippen LogP contribution in [0.4, 0.5) is 0 Å². The molecule has 0 spiro atoms. The zero-order valence-electron chi connectivity index (χ0n) is 7.76. The molecule has 4 heteroatoms. The molecule has 68 valence electrons. The Morgan fingerprint density at radius 3 is 1.64 bits per heavy atom. The molecule has 0 fully saturated rings. The molecular weight excluding hydrogens is 146 g/mol. The number of hydrogen-bond donors (Lipinski definition) is 2. The van der Waals surface area contributed by atoms with E-state index in [0.717, 1.165) is 0 Å². The van der Waals surface area contributed by atoms with Gasteiger partial charge in [-0.2, -0.15) is 5.23 Å². The standard InChI is InChI=1S/C7H17NO3/c1-6(2,3)7(4,5)8(9)11-10/h8,10H,1-5H3. The Hall–Kier alpha value is -0.160. The predicted octanol–water partition coefficient (Wildman–Crippen LogP) is 0.598. The highest BCUT2D eigenvalue weighted by Gasteiger charge is 2.40. The average molecular weight is 163 g/mol. The first-order chi connectivity index (χ1) is 4.73. The fraction of sp³-hybridized carbons (Fsp3) is 1.00. The van der Waals surface area contributed by atoms with Gasteiger partial charge < -0.3 is 5.21 Å². The second-order valence-electron chi connectivity index (χ2n) is 4.25. The maximum absolute atomic E-state index is 11.0. The van der Waals surface area contributed by atoms with Crippen molar-refractivity contribution in [2.75, 3.05) is 0 Å². The number of nitrogens with one attached hydrogen (secondary N) is 1. The van der Waals surface area contributed by atoms with Gasteiger partial charge in [-0.05, 0) is 18.8 Å². The van der Waals surface area contributed by atoms with Crippen LogP contribution in [0.2, 0.25) is 0 Å². The highest BCUT2D eigenvalue weighted by molar-refractivity contribution is 4.81. The second-order valence-corrected chi connectivity index (χ2v) is 4.25.